The molecule has 82 valence electrons. The van der Waals surface area contributed by atoms with Crippen LogP contribution in [0.25, 0.3) is 10.8 Å². The first kappa shape index (κ1) is 22.2. The number of carbonyl (C=O) groups is 1. The van der Waals surface area contributed by atoms with E-state index in [1.807, 2.05) is 18.2 Å². The summed E-state index contributed by atoms with van der Waals surface area (Å²) in [5.41, 5.74) is 0.213. The van der Waals surface area contributed by atoms with E-state index in [0.717, 1.165) is 15.7 Å². The second kappa shape index (κ2) is 9.74. The Balaban J connectivity index is 0. The second-order valence-electron chi connectivity index (χ2n) is 3.21. The molecule has 0 aliphatic rings. The van der Waals surface area contributed by atoms with Gasteiger partial charge in [0, 0.05) is 9.79 Å². The van der Waals surface area contributed by atoms with Gasteiger partial charge in [0.1, 0.15) is 0 Å². The normalized spacial score (nSPS) is 8.78. The minimum absolute atomic E-state index is 0. The van der Waals surface area contributed by atoms with Crippen LogP contribution in [0.1, 0.15) is 10.4 Å². The summed E-state index contributed by atoms with van der Waals surface area (Å²) in [4.78, 5) is 12.2. The van der Waals surface area contributed by atoms with Gasteiger partial charge in [0.05, 0.1) is 5.56 Å². The van der Waals surface area contributed by atoms with E-state index in [1.54, 1.807) is 12.1 Å². The maximum absolute atomic E-state index is 10.9. The molecule has 2 aromatic carbocycles. The van der Waals surface area contributed by atoms with Crippen LogP contribution in [0.2, 0.25) is 0 Å². The molecule has 0 spiro atoms. The van der Waals surface area contributed by atoms with Crippen LogP contribution < -0.4 is 0 Å². The molecule has 0 saturated heterocycles. The number of hydrogen-bond donors (Lipinski definition) is 3. The third-order valence-electron chi connectivity index (χ3n) is 2.17. The summed E-state index contributed by atoms with van der Waals surface area (Å²) >= 11 is 8.34. The van der Waals surface area contributed by atoms with E-state index >= 15 is 0 Å². The number of carboxylic acid groups (broad SMARTS) is 1. The number of rotatable bonds is 1. The molecule has 0 fully saturated rings. The van der Waals surface area contributed by atoms with Crippen LogP contribution in [0, 0.1) is 0 Å². The molecule has 0 unspecified atom stereocenters. The van der Waals surface area contributed by atoms with Crippen molar-refractivity contribution in [3.05, 3.63) is 35.9 Å². The first-order valence-corrected chi connectivity index (χ1v) is 5.16. The summed E-state index contributed by atoms with van der Waals surface area (Å²) < 4.78 is 0. The predicted octanol–water partition coefficient (Wildman–Crippen LogP) is 1.17. The quantitative estimate of drug-likeness (QED) is 0.546. The summed E-state index contributed by atoms with van der Waals surface area (Å²) in [6, 6.07) is 8.94. The van der Waals surface area contributed by atoms with Crippen molar-refractivity contribution >= 4 is 131 Å². The van der Waals surface area contributed by atoms with Gasteiger partial charge in [-0.1, -0.05) is 6.07 Å². The Labute approximate surface area is 183 Å². The molecule has 0 amide bonds. The van der Waals surface area contributed by atoms with Gasteiger partial charge in [-0.15, -0.1) is 25.3 Å². The van der Waals surface area contributed by atoms with Gasteiger partial charge in [-0.2, -0.15) is 0 Å². The Hall–Kier alpha value is 1.87. The molecule has 0 bridgehead atoms. The van der Waals surface area contributed by atoms with E-state index in [0.29, 0.717) is 4.90 Å². The molecular weight excluding hydrogens is 297 g/mol. The second-order valence-corrected chi connectivity index (χ2v) is 4.20. The number of fused-ring (bicyclic) bond motifs is 1. The summed E-state index contributed by atoms with van der Waals surface area (Å²) in [5.74, 6) is -0.966. The molecule has 2 rings (SSSR count). The molecule has 0 heterocycles. The fourth-order valence-corrected chi connectivity index (χ4v) is 1.96. The molecule has 2 nitrogen and oxygen atoms in total. The van der Waals surface area contributed by atoms with Crippen molar-refractivity contribution in [1.82, 2.24) is 0 Å². The molecule has 0 aliphatic heterocycles. The summed E-state index contributed by atoms with van der Waals surface area (Å²) in [6.45, 7) is 0. The van der Waals surface area contributed by atoms with Crippen LogP contribution in [0.3, 0.4) is 0 Å². The third-order valence-corrected chi connectivity index (χ3v) is 2.82. The Bertz CT molecular complexity index is 561. The molecule has 7 heteroatoms. The van der Waals surface area contributed by atoms with Crippen LogP contribution in [0.15, 0.2) is 40.1 Å². The van der Waals surface area contributed by atoms with Crippen molar-refractivity contribution in [2.75, 3.05) is 0 Å². The minimum atomic E-state index is -0.966. The molecular formula is C11H11Na3O2S2. The number of thiol groups is 2. The van der Waals surface area contributed by atoms with E-state index in [2.05, 4.69) is 25.3 Å². The third kappa shape index (κ3) is 5.34. The van der Waals surface area contributed by atoms with E-state index in [-0.39, 0.29) is 94.2 Å². The summed E-state index contributed by atoms with van der Waals surface area (Å²) in [7, 11) is 0. The Kier molecular flexibility index (Phi) is 12.0. The molecule has 0 aliphatic carbocycles. The fraction of sp³-hybridized carbons (Fsp3) is 0. The molecule has 0 atom stereocenters. The molecule has 0 saturated carbocycles. The molecule has 2 aromatic rings. The van der Waals surface area contributed by atoms with Gasteiger partial charge in [0.2, 0.25) is 0 Å². The Morgan fingerprint density at radius 3 is 2.11 bits per heavy atom. The van der Waals surface area contributed by atoms with Gasteiger partial charge >= 0.3 is 94.6 Å². The monoisotopic (exact) mass is 308 g/mol. The van der Waals surface area contributed by atoms with Gasteiger partial charge in [-0.25, -0.2) is 4.79 Å². The van der Waals surface area contributed by atoms with E-state index < -0.39 is 5.97 Å². The fourth-order valence-electron chi connectivity index (χ4n) is 1.44. The van der Waals surface area contributed by atoms with Crippen LogP contribution in [0.5, 0.6) is 0 Å². The van der Waals surface area contributed by atoms with Crippen LogP contribution in [-0.2, 0) is 0 Å². The van der Waals surface area contributed by atoms with Gasteiger partial charge in [0.15, 0.2) is 0 Å². The zero-order valence-corrected chi connectivity index (χ0v) is 9.43. The number of hydrogen-bond acceptors (Lipinski definition) is 3. The van der Waals surface area contributed by atoms with E-state index in [9.17, 15) is 4.79 Å². The van der Waals surface area contributed by atoms with E-state index in [4.69, 9.17) is 5.11 Å². The van der Waals surface area contributed by atoms with Crippen LogP contribution >= 0.6 is 25.3 Å². The van der Waals surface area contributed by atoms with Crippen molar-refractivity contribution in [2.45, 2.75) is 9.79 Å². The maximum atomic E-state index is 10.9. The number of aromatic carboxylic acids is 1. The van der Waals surface area contributed by atoms with Crippen molar-refractivity contribution in [2.24, 2.45) is 0 Å². The van der Waals surface area contributed by atoms with Gasteiger partial charge in [0.25, 0.3) is 0 Å². The van der Waals surface area contributed by atoms with Crippen molar-refractivity contribution in [3.63, 3.8) is 0 Å². The predicted molar refractivity (Wildman–Crippen MR) is 86.9 cm³/mol. The van der Waals surface area contributed by atoms with Crippen molar-refractivity contribution in [3.8, 4) is 0 Å². The number of carboxylic acids is 1. The van der Waals surface area contributed by atoms with Gasteiger partial charge in [-0.3, -0.25) is 0 Å². The summed E-state index contributed by atoms with van der Waals surface area (Å²) in [6.07, 6.45) is 0. The zero-order chi connectivity index (χ0) is 11.0. The molecule has 0 radical (unpaired) electrons. The Morgan fingerprint density at radius 2 is 1.56 bits per heavy atom. The van der Waals surface area contributed by atoms with Crippen LogP contribution in [-0.4, -0.2) is 99.7 Å². The zero-order valence-electron chi connectivity index (χ0n) is 7.64. The Morgan fingerprint density at radius 1 is 0.944 bits per heavy atom. The van der Waals surface area contributed by atoms with Crippen molar-refractivity contribution < 1.29 is 9.90 Å². The standard InChI is InChI=1S/C11H8O2S2.3Na.3H/c12-11(13)9-4-7-3-8(14)2-1-6(7)5-10(9)15;;;;;;/h1-5,14-15H,(H,12,13);;;;;;. The van der Waals surface area contributed by atoms with Gasteiger partial charge in [-0.05, 0) is 35.0 Å². The van der Waals surface area contributed by atoms with Gasteiger partial charge < -0.3 is 5.11 Å². The molecule has 18 heavy (non-hydrogen) atoms. The topological polar surface area (TPSA) is 37.3 Å². The first-order valence-electron chi connectivity index (χ1n) is 4.27. The first-order chi connectivity index (χ1) is 7.08. The van der Waals surface area contributed by atoms with Crippen LogP contribution in [0.4, 0.5) is 0 Å². The SMILES string of the molecule is O=C(O)c1cc2cc(S)ccc2cc1S.[NaH].[NaH].[NaH]. The molecule has 1 N–H and O–H groups in total. The summed E-state index contributed by atoms with van der Waals surface area (Å²) in [5, 5.41) is 10.7. The van der Waals surface area contributed by atoms with E-state index in [1.165, 1.54) is 0 Å². The molecule has 0 aromatic heterocycles. The van der Waals surface area contributed by atoms with Crippen molar-refractivity contribution in [1.29, 1.82) is 0 Å². The average Bonchev–Trinajstić information content (AvgIpc) is 2.17. The average molecular weight is 308 g/mol. The number of benzene rings is 2.